The van der Waals surface area contributed by atoms with E-state index in [0.717, 1.165) is 16.7 Å². The van der Waals surface area contributed by atoms with Gasteiger partial charge in [-0.15, -0.1) is 0 Å². The van der Waals surface area contributed by atoms with Gasteiger partial charge in [0.2, 0.25) is 17.8 Å². The first kappa shape index (κ1) is 21.4. The predicted molar refractivity (Wildman–Crippen MR) is 120 cm³/mol. The van der Waals surface area contributed by atoms with Crippen LogP contribution in [0.1, 0.15) is 17.5 Å². The molecule has 3 heterocycles. The van der Waals surface area contributed by atoms with Crippen LogP contribution in [-0.2, 0) is 16.0 Å². The van der Waals surface area contributed by atoms with Gasteiger partial charge in [0.1, 0.15) is 5.82 Å². The van der Waals surface area contributed by atoms with Gasteiger partial charge in [-0.05, 0) is 35.8 Å². The Hall–Kier alpha value is -3.79. The van der Waals surface area contributed by atoms with Gasteiger partial charge in [0.05, 0.1) is 19.2 Å². The number of halogens is 1. The minimum absolute atomic E-state index is 0.0889. The fourth-order valence-electron chi connectivity index (χ4n) is 3.36. The number of allylic oxidation sites excluding steroid dienone is 1. The van der Waals surface area contributed by atoms with Crippen LogP contribution in [0, 0.1) is 5.82 Å². The number of aromatic nitrogens is 4. The first-order valence-electron chi connectivity index (χ1n) is 10.2. The number of benzene rings is 1. The van der Waals surface area contributed by atoms with Crippen LogP contribution < -0.4 is 16.0 Å². The van der Waals surface area contributed by atoms with Crippen molar-refractivity contribution in [1.82, 2.24) is 24.9 Å². The maximum absolute atomic E-state index is 13.4. The molecule has 3 aromatic rings. The zero-order chi connectivity index (χ0) is 22.5. The van der Waals surface area contributed by atoms with E-state index in [0.29, 0.717) is 49.4 Å². The van der Waals surface area contributed by atoms with Crippen molar-refractivity contribution in [3.8, 4) is 0 Å². The number of nitrogens with one attached hydrogen (secondary N) is 3. The summed E-state index contributed by atoms with van der Waals surface area (Å²) in [4.78, 5) is 20.8. The Kier molecular flexibility index (Phi) is 6.41. The summed E-state index contributed by atoms with van der Waals surface area (Å²) in [5.41, 5.74) is 3.56. The summed E-state index contributed by atoms with van der Waals surface area (Å²) in [6.07, 6.45) is 4.40. The van der Waals surface area contributed by atoms with Crippen LogP contribution >= 0.6 is 0 Å². The van der Waals surface area contributed by atoms with Gasteiger partial charge in [-0.3, -0.25) is 4.79 Å². The molecule has 2 aromatic heterocycles. The van der Waals surface area contributed by atoms with Gasteiger partial charge in [0, 0.05) is 31.5 Å². The largest absolute Gasteiger partial charge is 0.383 e. The number of carbonyl (C=O) groups is 1. The van der Waals surface area contributed by atoms with E-state index in [4.69, 9.17) is 4.74 Å². The second-order valence-electron chi connectivity index (χ2n) is 7.31. The van der Waals surface area contributed by atoms with Crippen molar-refractivity contribution < 1.29 is 13.9 Å². The highest BCUT2D eigenvalue weighted by molar-refractivity contribution is 5.89. The summed E-state index contributed by atoms with van der Waals surface area (Å²) in [6.45, 7) is 5.45. The van der Waals surface area contributed by atoms with Crippen LogP contribution in [0.25, 0.3) is 11.7 Å². The molecule has 0 unspecified atom stereocenters. The zero-order valence-electron chi connectivity index (χ0n) is 17.7. The Bertz CT molecular complexity index is 1190. The minimum Gasteiger partial charge on any atom is -0.383 e. The maximum Gasteiger partial charge on any atom is 0.229 e. The minimum atomic E-state index is -0.261. The second-order valence-corrected chi connectivity index (χ2v) is 7.31. The lowest BCUT2D eigenvalue weighted by molar-refractivity contribution is -0.118. The molecule has 4 rings (SSSR count). The van der Waals surface area contributed by atoms with Gasteiger partial charge in [-0.25, -0.2) is 4.39 Å². The van der Waals surface area contributed by atoms with Crippen LogP contribution in [0.4, 0.5) is 16.3 Å². The predicted octanol–water partition coefficient (Wildman–Crippen LogP) is 2.39. The van der Waals surface area contributed by atoms with Gasteiger partial charge in [-0.1, -0.05) is 18.7 Å². The molecule has 1 fully saturated rings. The summed E-state index contributed by atoms with van der Waals surface area (Å²) >= 11 is 0. The Labute approximate surface area is 184 Å². The van der Waals surface area contributed by atoms with E-state index < -0.39 is 0 Å². The molecule has 0 radical (unpaired) electrons. The Morgan fingerprint density at radius 3 is 2.94 bits per heavy atom. The lowest BCUT2D eigenvalue weighted by Crippen LogP contribution is -2.16. The van der Waals surface area contributed by atoms with Gasteiger partial charge < -0.3 is 20.7 Å². The molecule has 1 amide bonds. The average Bonchev–Trinajstić information content (AvgIpc) is 3.31. The molecule has 1 saturated heterocycles. The number of ether oxygens (including phenoxy) is 1. The highest BCUT2D eigenvalue weighted by Gasteiger charge is 2.20. The number of hydrogen-bond acceptors (Lipinski definition) is 7. The van der Waals surface area contributed by atoms with E-state index in [-0.39, 0.29) is 18.1 Å². The van der Waals surface area contributed by atoms with Crippen molar-refractivity contribution >= 4 is 29.5 Å². The molecular weight excluding hydrogens is 413 g/mol. The van der Waals surface area contributed by atoms with Crippen LogP contribution in [-0.4, -0.2) is 52.3 Å². The molecule has 32 heavy (non-hydrogen) atoms. The number of amides is 1. The molecule has 0 atom stereocenters. The summed E-state index contributed by atoms with van der Waals surface area (Å²) in [5, 5.41) is 13.5. The van der Waals surface area contributed by atoms with Gasteiger partial charge in [0.15, 0.2) is 5.65 Å². The Balaban J connectivity index is 1.61. The smallest absolute Gasteiger partial charge is 0.229 e. The van der Waals surface area contributed by atoms with E-state index >= 15 is 0 Å². The van der Waals surface area contributed by atoms with E-state index in [9.17, 15) is 9.18 Å². The molecule has 0 bridgehead atoms. The first-order valence-corrected chi connectivity index (χ1v) is 10.2. The lowest BCUT2D eigenvalue weighted by Gasteiger charge is -2.11. The number of anilines is 2. The van der Waals surface area contributed by atoms with Crippen molar-refractivity contribution in [3.05, 3.63) is 65.3 Å². The van der Waals surface area contributed by atoms with Crippen LogP contribution in [0.5, 0.6) is 0 Å². The average molecular weight is 437 g/mol. The molecule has 166 valence electrons. The van der Waals surface area contributed by atoms with Crippen molar-refractivity contribution in [3.63, 3.8) is 0 Å². The fraction of sp³-hybridized carbons (Fsp3) is 0.273. The quantitative estimate of drug-likeness (QED) is 0.442. The van der Waals surface area contributed by atoms with Crippen LogP contribution in [0.15, 0.2) is 48.3 Å². The number of methoxy groups -OCH3 is 1. The van der Waals surface area contributed by atoms with Crippen molar-refractivity contribution in [2.45, 2.75) is 12.8 Å². The van der Waals surface area contributed by atoms with E-state index in [1.807, 2.05) is 12.1 Å². The molecule has 1 aliphatic rings. The Morgan fingerprint density at radius 1 is 1.31 bits per heavy atom. The third-order valence-corrected chi connectivity index (χ3v) is 4.93. The van der Waals surface area contributed by atoms with Gasteiger partial charge in [0.25, 0.3) is 0 Å². The lowest BCUT2D eigenvalue weighted by atomic mass is 10.1. The number of rotatable bonds is 9. The normalized spacial score (nSPS) is 14.9. The van der Waals surface area contributed by atoms with Crippen molar-refractivity contribution in [2.24, 2.45) is 0 Å². The number of nitrogens with zero attached hydrogens (tertiary/aromatic N) is 4. The molecule has 0 aliphatic carbocycles. The molecule has 1 aromatic carbocycles. The second kappa shape index (κ2) is 9.56. The maximum atomic E-state index is 13.4. The SMILES string of the molecule is C=C1NC(=O)C/C1=C\c1cnn2c(NCCc3cccc(F)c3)nc(NCCOC)nc12. The number of fused-ring (bicyclic) bond motifs is 1. The first-order chi connectivity index (χ1) is 15.5. The molecule has 3 N–H and O–H groups in total. The summed E-state index contributed by atoms with van der Waals surface area (Å²) in [6, 6.07) is 6.50. The molecule has 0 saturated carbocycles. The zero-order valence-corrected chi connectivity index (χ0v) is 17.7. The van der Waals surface area contributed by atoms with Crippen molar-refractivity contribution in [2.75, 3.05) is 37.4 Å². The third kappa shape index (κ3) is 4.92. The molecular formula is C22H24FN7O2. The standard InChI is InChI=1S/C22H24FN7O2/c1-14-16(12-19(31)27-14)11-17-13-26-30-20(17)28-21(24-8-9-32-2)29-22(30)25-7-6-15-4-3-5-18(23)10-15/h3-5,10-11,13H,1,6-9,12H2,2H3,(H,27,31)(H2,24,25,28,29)/b16-11+. The fourth-order valence-corrected chi connectivity index (χ4v) is 3.36. The molecule has 9 nitrogen and oxygen atoms in total. The monoisotopic (exact) mass is 437 g/mol. The topological polar surface area (TPSA) is 105 Å². The molecule has 1 aliphatic heterocycles. The summed E-state index contributed by atoms with van der Waals surface area (Å²) in [5.74, 6) is 0.564. The summed E-state index contributed by atoms with van der Waals surface area (Å²) < 4.78 is 20.1. The van der Waals surface area contributed by atoms with E-state index in [1.165, 1.54) is 12.1 Å². The number of hydrogen-bond donors (Lipinski definition) is 3. The Morgan fingerprint density at radius 2 is 2.19 bits per heavy atom. The van der Waals surface area contributed by atoms with E-state index in [1.54, 1.807) is 23.9 Å². The van der Waals surface area contributed by atoms with E-state index in [2.05, 4.69) is 37.6 Å². The van der Waals surface area contributed by atoms with Crippen LogP contribution in [0.2, 0.25) is 0 Å². The molecule has 10 heteroatoms. The van der Waals surface area contributed by atoms with Crippen LogP contribution in [0.3, 0.4) is 0 Å². The van der Waals surface area contributed by atoms with Gasteiger partial charge >= 0.3 is 0 Å². The highest BCUT2D eigenvalue weighted by atomic mass is 19.1. The van der Waals surface area contributed by atoms with Gasteiger partial charge in [-0.2, -0.15) is 19.6 Å². The number of carbonyl (C=O) groups excluding carboxylic acids is 1. The third-order valence-electron chi connectivity index (χ3n) is 4.93. The highest BCUT2D eigenvalue weighted by Crippen LogP contribution is 2.24. The van der Waals surface area contributed by atoms with Crippen molar-refractivity contribution in [1.29, 1.82) is 0 Å². The molecule has 0 spiro atoms. The summed E-state index contributed by atoms with van der Waals surface area (Å²) in [7, 11) is 1.62.